The average Bonchev–Trinajstić information content (AvgIpc) is 3.49. The SMILES string of the molecule is O=C(O)[C@](CO)(OC[C@H]1O[C@@H](n2ncc3c(NC4CCCC4)nc(Cl)nc32)[C@H](O)[C@@H]1O)P(=O)(O)O. The highest BCUT2D eigenvalue weighted by Gasteiger charge is 2.57. The number of nitrogens with zero attached hydrogens (tertiary/aromatic N) is 4. The van der Waals surface area contributed by atoms with Crippen molar-refractivity contribution in [3.8, 4) is 0 Å². The molecule has 4 rings (SSSR count). The van der Waals surface area contributed by atoms with Gasteiger partial charge in [-0.05, 0) is 24.4 Å². The van der Waals surface area contributed by atoms with E-state index in [0.29, 0.717) is 11.2 Å². The first kappa shape index (κ1) is 26.1. The summed E-state index contributed by atoms with van der Waals surface area (Å²) in [4.78, 5) is 38.7. The minimum Gasteiger partial charge on any atom is -0.479 e. The standard InChI is InChI=1S/C18H25ClN5O10P/c19-17-22-13(21-8-3-1-2-4-8)9-5-20-24(14(9)23-17)15-12(27)11(26)10(34-15)6-33-18(7-25,16(28)29)35(30,31)32/h5,8,10-12,15,25-27H,1-4,6-7H2,(H,28,29)(H,21,22,23)(H2,30,31,32)/t10-,11-,12-,15-,18-/m1/s1. The quantitative estimate of drug-likeness (QED) is 0.157. The molecule has 2 aliphatic rings. The number of aliphatic hydroxyl groups is 3. The normalized spacial score (nSPS) is 27.4. The van der Waals surface area contributed by atoms with Gasteiger partial charge in [0.2, 0.25) is 5.28 Å². The zero-order valence-electron chi connectivity index (χ0n) is 18.1. The second-order valence-electron chi connectivity index (χ2n) is 8.44. The Morgan fingerprint density at radius 2 is 1.97 bits per heavy atom. The van der Waals surface area contributed by atoms with E-state index in [0.717, 1.165) is 30.4 Å². The van der Waals surface area contributed by atoms with Crippen molar-refractivity contribution in [2.24, 2.45) is 0 Å². The number of hydrogen-bond acceptors (Lipinski definition) is 11. The molecule has 0 unspecified atom stereocenters. The second-order valence-corrected chi connectivity index (χ2v) is 10.6. The second kappa shape index (κ2) is 9.84. The minimum absolute atomic E-state index is 0.0940. The number of ether oxygens (including phenoxy) is 2. The van der Waals surface area contributed by atoms with E-state index in [-0.39, 0.29) is 17.0 Å². The zero-order chi connectivity index (χ0) is 25.5. The van der Waals surface area contributed by atoms with Crippen molar-refractivity contribution in [1.82, 2.24) is 19.7 Å². The van der Waals surface area contributed by atoms with Crippen LogP contribution in [0, 0.1) is 0 Å². The maximum absolute atomic E-state index is 11.7. The van der Waals surface area contributed by atoms with E-state index in [9.17, 15) is 39.6 Å². The van der Waals surface area contributed by atoms with Crippen molar-refractivity contribution in [2.45, 2.75) is 61.6 Å². The number of fused-ring (bicyclic) bond motifs is 1. The number of rotatable bonds is 9. The van der Waals surface area contributed by atoms with Gasteiger partial charge in [-0.1, -0.05) is 12.8 Å². The molecule has 0 aromatic carbocycles. The maximum Gasteiger partial charge on any atom is 0.371 e. The summed E-state index contributed by atoms with van der Waals surface area (Å²) in [5.74, 6) is -1.66. The summed E-state index contributed by atoms with van der Waals surface area (Å²) in [6.45, 7) is -2.42. The third-order valence-electron chi connectivity index (χ3n) is 6.21. The Morgan fingerprint density at radius 3 is 2.57 bits per heavy atom. The topological polar surface area (TPSA) is 230 Å². The summed E-state index contributed by atoms with van der Waals surface area (Å²) in [7, 11) is -5.50. The number of carboxylic acids is 1. The van der Waals surface area contributed by atoms with E-state index in [4.69, 9.17) is 21.1 Å². The Labute approximate surface area is 202 Å². The molecule has 1 aliphatic heterocycles. The van der Waals surface area contributed by atoms with Crippen LogP contribution in [0.25, 0.3) is 11.0 Å². The lowest BCUT2D eigenvalue weighted by Crippen LogP contribution is -2.47. The van der Waals surface area contributed by atoms with E-state index < -0.39 is 56.7 Å². The molecule has 17 heteroatoms. The molecule has 3 heterocycles. The van der Waals surface area contributed by atoms with Gasteiger partial charge in [-0.15, -0.1) is 0 Å². The predicted octanol–water partition coefficient (Wildman–Crippen LogP) is -0.579. The molecule has 1 aliphatic carbocycles. The summed E-state index contributed by atoms with van der Waals surface area (Å²) in [6.07, 6.45) is -0.474. The Kier molecular flexibility index (Phi) is 7.35. The highest BCUT2D eigenvalue weighted by atomic mass is 35.5. The summed E-state index contributed by atoms with van der Waals surface area (Å²) >= 11 is 6.10. The van der Waals surface area contributed by atoms with Crippen LogP contribution in [0.5, 0.6) is 0 Å². The number of aliphatic hydroxyl groups excluding tert-OH is 3. The van der Waals surface area contributed by atoms with Crippen molar-refractivity contribution in [2.75, 3.05) is 18.5 Å². The van der Waals surface area contributed by atoms with Crippen LogP contribution in [0.15, 0.2) is 6.20 Å². The average molecular weight is 538 g/mol. The lowest BCUT2D eigenvalue weighted by atomic mass is 10.1. The number of hydrogen-bond donors (Lipinski definition) is 7. The Hall–Kier alpha value is -1.94. The van der Waals surface area contributed by atoms with Crippen LogP contribution in [0.2, 0.25) is 5.28 Å². The zero-order valence-corrected chi connectivity index (χ0v) is 19.8. The van der Waals surface area contributed by atoms with Gasteiger partial charge in [0.15, 0.2) is 11.9 Å². The van der Waals surface area contributed by atoms with Crippen LogP contribution < -0.4 is 5.32 Å². The van der Waals surface area contributed by atoms with Crippen LogP contribution >= 0.6 is 19.2 Å². The summed E-state index contributed by atoms with van der Waals surface area (Å²) in [6, 6.07) is 0.208. The predicted molar refractivity (Wildman–Crippen MR) is 118 cm³/mol. The molecule has 194 valence electrons. The third kappa shape index (κ3) is 4.75. The number of nitrogens with one attached hydrogen (secondary N) is 1. The van der Waals surface area contributed by atoms with Gasteiger partial charge in [-0.3, -0.25) is 4.57 Å². The molecule has 0 bridgehead atoms. The number of aromatic nitrogens is 4. The largest absolute Gasteiger partial charge is 0.479 e. The van der Waals surface area contributed by atoms with Crippen molar-refractivity contribution in [3.05, 3.63) is 11.5 Å². The first-order valence-electron chi connectivity index (χ1n) is 10.7. The Bertz CT molecular complexity index is 1140. The van der Waals surface area contributed by atoms with Gasteiger partial charge in [0.25, 0.3) is 5.34 Å². The molecule has 0 radical (unpaired) electrons. The number of anilines is 1. The van der Waals surface area contributed by atoms with Gasteiger partial charge >= 0.3 is 13.6 Å². The van der Waals surface area contributed by atoms with Gasteiger partial charge < -0.3 is 45.0 Å². The summed E-state index contributed by atoms with van der Waals surface area (Å²) in [5.41, 5.74) is 0.189. The lowest BCUT2D eigenvalue weighted by Gasteiger charge is -2.29. The van der Waals surface area contributed by atoms with Crippen molar-refractivity contribution in [1.29, 1.82) is 0 Å². The van der Waals surface area contributed by atoms with Gasteiger partial charge in [-0.25, -0.2) is 9.48 Å². The van der Waals surface area contributed by atoms with Gasteiger partial charge in [0.1, 0.15) is 24.1 Å². The number of carbonyl (C=O) groups is 1. The van der Waals surface area contributed by atoms with E-state index in [1.807, 2.05) is 0 Å². The molecule has 2 aromatic heterocycles. The third-order valence-corrected chi connectivity index (χ3v) is 7.78. The molecule has 0 spiro atoms. The number of halogens is 1. The van der Waals surface area contributed by atoms with Gasteiger partial charge in [0.05, 0.1) is 24.8 Å². The summed E-state index contributed by atoms with van der Waals surface area (Å²) in [5, 5.41) is 44.2. The fourth-order valence-corrected chi connectivity index (χ4v) is 5.06. The van der Waals surface area contributed by atoms with Gasteiger partial charge in [-0.2, -0.15) is 15.1 Å². The van der Waals surface area contributed by atoms with Crippen molar-refractivity contribution in [3.63, 3.8) is 0 Å². The Morgan fingerprint density at radius 1 is 1.29 bits per heavy atom. The van der Waals surface area contributed by atoms with Crippen LogP contribution in [0.3, 0.4) is 0 Å². The first-order valence-corrected chi connectivity index (χ1v) is 12.7. The molecule has 0 amide bonds. The summed E-state index contributed by atoms with van der Waals surface area (Å²) < 4.78 is 23.3. The van der Waals surface area contributed by atoms with Crippen LogP contribution in [0.4, 0.5) is 5.82 Å². The molecule has 2 aromatic rings. The molecular weight excluding hydrogens is 513 g/mol. The monoisotopic (exact) mass is 537 g/mol. The van der Waals surface area contributed by atoms with Crippen molar-refractivity contribution < 1.29 is 49.0 Å². The molecule has 15 nitrogen and oxygen atoms in total. The minimum atomic E-state index is -5.50. The maximum atomic E-state index is 11.7. The van der Waals surface area contributed by atoms with E-state index in [1.165, 1.54) is 6.20 Å². The molecule has 35 heavy (non-hydrogen) atoms. The van der Waals surface area contributed by atoms with Crippen LogP contribution in [-0.2, 0) is 18.8 Å². The van der Waals surface area contributed by atoms with E-state index >= 15 is 0 Å². The van der Waals surface area contributed by atoms with Crippen molar-refractivity contribution >= 4 is 42.0 Å². The van der Waals surface area contributed by atoms with E-state index in [2.05, 4.69) is 20.4 Å². The molecule has 1 saturated carbocycles. The highest BCUT2D eigenvalue weighted by molar-refractivity contribution is 7.54. The highest BCUT2D eigenvalue weighted by Crippen LogP contribution is 2.51. The molecular formula is C18H25ClN5O10P. The molecule has 7 N–H and O–H groups in total. The number of carboxylic acid groups (broad SMARTS) is 1. The lowest BCUT2D eigenvalue weighted by molar-refractivity contribution is -0.167. The first-order chi connectivity index (χ1) is 16.5. The fourth-order valence-electron chi connectivity index (χ4n) is 4.22. The Balaban J connectivity index is 1.57. The van der Waals surface area contributed by atoms with E-state index in [1.54, 1.807) is 0 Å². The molecule has 5 atom stereocenters. The van der Waals surface area contributed by atoms with Crippen LogP contribution in [-0.4, -0.2) is 98.8 Å². The van der Waals surface area contributed by atoms with Crippen LogP contribution in [0.1, 0.15) is 31.9 Å². The fraction of sp³-hybridized carbons (Fsp3) is 0.667. The molecule has 2 fully saturated rings. The number of aliphatic carboxylic acids is 1. The smallest absolute Gasteiger partial charge is 0.371 e. The van der Waals surface area contributed by atoms with Gasteiger partial charge in [0, 0.05) is 6.04 Å². The molecule has 1 saturated heterocycles.